The Morgan fingerprint density at radius 1 is 0.963 bits per heavy atom. The Balaban J connectivity index is 0.000000189. The van der Waals surface area contributed by atoms with Crippen LogP contribution >= 0.6 is 0 Å². The predicted molar refractivity (Wildman–Crippen MR) is 95.3 cm³/mol. The quantitative estimate of drug-likeness (QED) is 0.455. The summed E-state index contributed by atoms with van der Waals surface area (Å²) in [6, 6.07) is 15.3. The molecule has 0 aliphatic carbocycles. The van der Waals surface area contributed by atoms with Gasteiger partial charge in [-0.3, -0.25) is 15.4 Å². The van der Waals surface area contributed by atoms with Crippen LogP contribution < -0.4 is 4.90 Å². The van der Waals surface area contributed by atoms with Gasteiger partial charge in [-0.25, -0.2) is 4.98 Å². The van der Waals surface area contributed by atoms with Crippen molar-refractivity contribution in [1.82, 2.24) is 14.9 Å². The fourth-order valence-corrected chi connectivity index (χ4v) is 2.18. The zero-order valence-corrected chi connectivity index (χ0v) is 16.6. The Morgan fingerprint density at radius 2 is 1.70 bits per heavy atom. The maximum absolute atomic E-state index is 13.2. The van der Waals surface area contributed by atoms with Crippen molar-refractivity contribution in [2.45, 2.75) is 0 Å². The number of nitrogens with zero attached hydrogens (tertiary/aromatic N) is 4. The number of benzene rings is 1. The Bertz CT molecular complexity index is 876. The van der Waals surface area contributed by atoms with Crippen LogP contribution in [0.2, 0.25) is 0 Å². The molecule has 0 N–H and O–H groups in total. The molecule has 0 unspecified atom stereocenters. The molecule has 0 bridgehead atoms. The zero-order chi connectivity index (χ0) is 18.4. The third kappa shape index (κ3) is 5.69. The van der Waals surface area contributed by atoms with Gasteiger partial charge in [0.1, 0.15) is 5.82 Å². The fourth-order valence-electron chi connectivity index (χ4n) is 2.18. The van der Waals surface area contributed by atoms with Gasteiger partial charge in [-0.1, -0.05) is 29.8 Å². The average Bonchev–Trinajstić information content (AvgIpc) is 3.10. The molecule has 0 fully saturated rings. The molecule has 1 radical (unpaired) electrons. The van der Waals surface area contributed by atoms with Gasteiger partial charge in [0.25, 0.3) is 0 Å². The van der Waals surface area contributed by atoms with E-state index in [1.807, 2.05) is 47.4 Å². The topological polar surface area (TPSA) is 32.3 Å². The van der Waals surface area contributed by atoms with E-state index in [4.69, 9.17) is 0 Å². The van der Waals surface area contributed by atoms with E-state index >= 15 is 0 Å². The summed E-state index contributed by atoms with van der Waals surface area (Å²) in [5.74, 6) is -0.399. The average molecular weight is 544 g/mol. The molecule has 4 rings (SSSR count). The molecule has 0 saturated carbocycles. The van der Waals surface area contributed by atoms with E-state index in [1.165, 1.54) is 0 Å². The molecule has 141 valence electrons. The van der Waals surface area contributed by atoms with Crippen molar-refractivity contribution in [3.63, 3.8) is 0 Å². The van der Waals surface area contributed by atoms with Crippen molar-refractivity contribution in [3.05, 3.63) is 97.7 Å². The largest absolute Gasteiger partial charge is 0.535 e. The third-order valence-electron chi connectivity index (χ3n) is 3.38. The summed E-state index contributed by atoms with van der Waals surface area (Å²) in [5.41, 5.74) is 0.636. The van der Waals surface area contributed by atoms with Gasteiger partial charge in [-0.15, -0.1) is 12.1 Å². The molecule has 1 aromatic carbocycles. The molecule has 27 heavy (non-hydrogen) atoms. The molecular formula is C20H15F2N4Pt-2. The molecule has 1 aliphatic rings. The van der Waals surface area contributed by atoms with E-state index in [2.05, 4.69) is 22.7 Å². The van der Waals surface area contributed by atoms with Gasteiger partial charge < -0.3 is 14.8 Å². The van der Waals surface area contributed by atoms with Gasteiger partial charge in [-0.05, 0) is 43.3 Å². The molecule has 4 nitrogen and oxygen atoms in total. The summed E-state index contributed by atoms with van der Waals surface area (Å²) >= 11 is 0. The summed E-state index contributed by atoms with van der Waals surface area (Å²) in [4.78, 5) is 11.8. The smallest absolute Gasteiger partial charge is 0.102 e. The van der Waals surface area contributed by atoms with Crippen LogP contribution in [0.5, 0.6) is 0 Å². The minimum absolute atomic E-state index is 0. The van der Waals surface area contributed by atoms with E-state index in [-0.39, 0.29) is 26.6 Å². The molecule has 0 amide bonds. The number of hydrogen-bond donors (Lipinski definition) is 0. The number of rotatable bonds is 2. The van der Waals surface area contributed by atoms with Gasteiger partial charge in [-0.2, -0.15) is 0 Å². The maximum Gasteiger partial charge on any atom is 0.102 e. The second-order valence-electron chi connectivity index (χ2n) is 5.32. The number of pyridine rings is 2. The summed E-state index contributed by atoms with van der Waals surface area (Å²) in [5, 5.41) is 0. The first-order valence-electron chi connectivity index (χ1n) is 7.79. The van der Waals surface area contributed by atoms with Gasteiger partial charge in [0.05, 0.1) is 0 Å². The number of hydrogen-bond acceptors (Lipinski definition) is 4. The third-order valence-corrected chi connectivity index (χ3v) is 3.38. The molecule has 3 aromatic rings. The number of aromatic nitrogens is 2. The molecule has 0 spiro atoms. The van der Waals surface area contributed by atoms with Crippen molar-refractivity contribution in [3.8, 4) is 11.3 Å². The Labute approximate surface area is 171 Å². The Morgan fingerprint density at radius 3 is 2.26 bits per heavy atom. The minimum Gasteiger partial charge on any atom is -0.535 e. The van der Waals surface area contributed by atoms with E-state index in [1.54, 1.807) is 30.6 Å². The van der Waals surface area contributed by atoms with Crippen molar-refractivity contribution < 1.29 is 29.8 Å². The van der Waals surface area contributed by atoms with Crippen molar-refractivity contribution in [2.75, 3.05) is 11.9 Å². The first kappa shape index (κ1) is 20.7. The molecule has 2 aromatic heterocycles. The second kappa shape index (κ2) is 9.93. The summed E-state index contributed by atoms with van der Waals surface area (Å²) in [6.07, 6.45) is 7.16. The van der Waals surface area contributed by atoms with Crippen LogP contribution in [-0.2, 0) is 21.1 Å². The summed E-state index contributed by atoms with van der Waals surface area (Å²) < 4.78 is 25.8. The van der Waals surface area contributed by atoms with Crippen LogP contribution in [-0.4, -0.2) is 21.9 Å². The van der Waals surface area contributed by atoms with Crippen LogP contribution in [0.1, 0.15) is 0 Å². The molecule has 1 aliphatic heterocycles. The molecular weight excluding hydrogens is 529 g/mol. The van der Waals surface area contributed by atoms with Gasteiger partial charge in [0, 0.05) is 45.1 Å². The number of halogens is 2. The molecule has 0 atom stereocenters. The Kier molecular flexibility index (Phi) is 7.62. The molecule has 0 saturated heterocycles. The second-order valence-corrected chi connectivity index (χ2v) is 5.32. The normalized spacial score (nSPS) is 12.3. The van der Waals surface area contributed by atoms with Crippen LogP contribution in [0, 0.1) is 24.4 Å². The van der Waals surface area contributed by atoms with Crippen LogP contribution in [0.15, 0.2) is 73.3 Å². The standard InChI is InChI=1S/C11H6F2N.C9H9N3.Pt/c12-8-4-5-9(10(13)7-8)11-3-1-2-6-14-11;1-11-6-7-12(8-11)9-4-2-3-5-10-9;/h1-4,6-7H;2-7H,1H3;/q2*-1;. The zero-order valence-electron chi connectivity index (χ0n) is 14.3. The van der Waals surface area contributed by atoms with Crippen molar-refractivity contribution in [1.29, 1.82) is 0 Å². The first-order valence-corrected chi connectivity index (χ1v) is 7.79. The number of anilines is 1. The van der Waals surface area contributed by atoms with Crippen LogP contribution in [0.25, 0.3) is 11.3 Å². The van der Waals surface area contributed by atoms with Crippen LogP contribution in [0.3, 0.4) is 0 Å². The SMILES string of the molecule is CN1[C-]N(c2ccccn2)C=C1.Fc1c[c-]c(-c2ccccn2)c(F)c1.[Pt]. The maximum atomic E-state index is 13.2. The van der Waals surface area contributed by atoms with Gasteiger partial charge in [0.2, 0.25) is 0 Å². The molecule has 7 heteroatoms. The predicted octanol–water partition coefficient (Wildman–Crippen LogP) is 4.13. The fraction of sp³-hybridized carbons (Fsp3) is 0.0500. The molecule has 3 heterocycles. The van der Waals surface area contributed by atoms with Crippen molar-refractivity contribution in [2.24, 2.45) is 0 Å². The summed E-state index contributed by atoms with van der Waals surface area (Å²) in [7, 11) is 1.93. The van der Waals surface area contributed by atoms with E-state index < -0.39 is 11.6 Å². The van der Waals surface area contributed by atoms with Crippen molar-refractivity contribution >= 4 is 5.82 Å². The van der Waals surface area contributed by atoms with E-state index in [0.717, 1.165) is 18.0 Å². The first-order chi connectivity index (χ1) is 12.6. The monoisotopic (exact) mass is 544 g/mol. The minimum atomic E-state index is -0.649. The Hall–Kier alpha value is -2.59. The van der Waals surface area contributed by atoms with Gasteiger partial charge in [0.15, 0.2) is 0 Å². The van der Waals surface area contributed by atoms with E-state index in [9.17, 15) is 8.78 Å². The summed E-state index contributed by atoms with van der Waals surface area (Å²) in [6.45, 7) is 3.06. The van der Waals surface area contributed by atoms with Crippen LogP contribution in [0.4, 0.5) is 14.6 Å². The van der Waals surface area contributed by atoms with E-state index in [0.29, 0.717) is 5.69 Å². The van der Waals surface area contributed by atoms with Gasteiger partial charge >= 0.3 is 0 Å².